The zero-order chi connectivity index (χ0) is 44.2. The van der Waals surface area contributed by atoms with Crippen molar-refractivity contribution < 1.29 is 38.1 Å². The lowest BCUT2D eigenvalue weighted by Crippen LogP contribution is -2.53. The second kappa shape index (κ2) is 16.4. The molecule has 0 unspecified atom stereocenters. The summed E-state index contributed by atoms with van der Waals surface area (Å²) in [7, 11) is 3.19. The molecule has 63 heavy (non-hydrogen) atoms. The molecule has 2 heterocycles. The van der Waals surface area contributed by atoms with E-state index >= 15 is 9.59 Å². The minimum Gasteiger partial charge on any atom is -0.507 e. The van der Waals surface area contributed by atoms with Crippen molar-refractivity contribution in [1.29, 1.82) is 0 Å². The first-order valence-corrected chi connectivity index (χ1v) is 21.0. The average Bonchev–Trinajstić information content (AvgIpc) is 3.68. The molecule has 6 atom stereocenters. The fraction of sp³-hybridized carbons (Fsp3) is 0.216. The number of hydrogen-bond acceptors (Lipinski definition) is 8. The molecule has 3 fully saturated rings. The summed E-state index contributed by atoms with van der Waals surface area (Å²) in [6.45, 7) is 3.87. The molecule has 2 N–H and O–H groups in total. The van der Waals surface area contributed by atoms with Crippen molar-refractivity contribution in [1.82, 2.24) is 5.01 Å². The maximum atomic E-state index is 15.5. The predicted octanol–water partition coefficient (Wildman–Crippen LogP) is 9.29. The van der Waals surface area contributed by atoms with E-state index in [2.05, 4.69) is 12.0 Å². The minimum atomic E-state index is -1.64. The molecule has 9 rings (SSSR count). The van der Waals surface area contributed by atoms with Gasteiger partial charge in [-0.1, -0.05) is 83.9 Å². The number of nitrogens with zero attached hydrogens (tertiary/aromatic N) is 2. The third kappa shape index (κ3) is 6.78. The number of rotatable bonds is 11. The number of amides is 4. The van der Waals surface area contributed by atoms with Crippen molar-refractivity contribution in [2.45, 2.75) is 30.6 Å². The van der Waals surface area contributed by atoms with Gasteiger partial charge in [-0.3, -0.25) is 29.5 Å². The molecule has 4 aliphatic rings. The SMILES string of the molecule is C=CCc1cccc([C@H]2C3=CC[C@@H]4C(=O)N(c5ccc(C=Cc6cc(OC)ccc6OC)cc5)C(=O)[C@@H]4[C@@H]3C[C@H]3C(=O)N(Nc4ccc(F)cc4)C(=O)[C@@]23c2ccc(Cl)cc2)c1O. The molecular weight excluding hydrogens is 821 g/mol. The van der Waals surface area contributed by atoms with Crippen LogP contribution in [0.25, 0.3) is 12.2 Å². The standard InChI is InChI=1S/C51H43ClFN3O7/c1-4-6-30-7-5-8-40(46(30)57)45-38-24-25-39-44(49(60)55(47(39)58)36-21-10-29(11-22-36)9-12-31-27-37(62-2)23-26-43(31)63-3)41(38)28-42-48(59)56(54-35-19-17-34(53)18-20-35)50(61)51(42,45)32-13-15-33(52)16-14-32/h4-5,7-24,26-27,39,41-42,44-45,54,57H,1,6,25,28H2,2-3H3/t39-,41+,42-,44-,45+,51+/m0/s1. The number of carbonyl (C=O) groups excluding carboxylic acids is 4. The number of para-hydroxylation sites is 1. The van der Waals surface area contributed by atoms with Crippen LogP contribution >= 0.6 is 11.6 Å². The molecule has 318 valence electrons. The third-order valence-corrected chi connectivity index (χ3v) is 13.4. The number of nitrogens with one attached hydrogen (secondary N) is 1. The third-order valence-electron chi connectivity index (χ3n) is 13.1. The number of aromatic hydroxyl groups is 1. The van der Waals surface area contributed by atoms with E-state index in [0.29, 0.717) is 56.6 Å². The molecule has 0 bridgehead atoms. The summed E-state index contributed by atoms with van der Waals surface area (Å²) >= 11 is 6.42. The number of hydrazine groups is 1. The lowest BCUT2D eigenvalue weighted by atomic mass is 9.49. The molecular formula is C51H43ClFN3O7. The van der Waals surface area contributed by atoms with Crippen LogP contribution in [0.5, 0.6) is 17.2 Å². The highest BCUT2D eigenvalue weighted by molar-refractivity contribution is 6.30. The van der Waals surface area contributed by atoms with Crippen LogP contribution in [-0.4, -0.2) is 48.0 Å². The van der Waals surface area contributed by atoms with Crippen LogP contribution in [0.3, 0.4) is 0 Å². The fourth-order valence-corrected chi connectivity index (χ4v) is 10.4. The number of benzene rings is 5. The highest BCUT2D eigenvalue weighted by Crippen LogP contribution is 2.65. The zero-order valence-corrected chi connectivity index (χ0v) is 35.2. The summed E-state index contributed by atoms with van der Waals surface area (Å²) in [5.74, 6) is -5.37. The Morgan fingerprint density at radius 1 is 0.873 bits per heavy atom. The Morgan fingerprint density at radius 3 is 2.32 bits per heavy atom. The lowest BCUT2D eigenvalue weighted by molar-refractivity contribution is -0.138. The number of phenolic OH excluding ortho intramolecular Hbond substituents is 1. The van der Waals surface area contributed by atoms with E-state index in [9.17, 15) is 19.1 Å². The van der Waals surface area contributed by atoms with E-state index in [1.807, 2.05) is 48.6 Å². The van der Waals surface area contributed by atoms with Crippen LogP contribution in [0, 0.1) is 29.5 Å². The molecule has 0 aromatic heterocycles. The van der Waals surface area contributed by atoms with E-state index in [-0.39, 0.29) is 24.5 Å². The smallest absolute Gasteiger partial charge is 0.260 e. The van der Waals surface area contributed by atoms with Gasteiger partial charge in [-0.15, -0.1) is 6.58 Å². The molecule has 0 spiro atoms. The Bertz CT molecular complexity index is 2740. The highest BCUT2D eigenvalue weighted by atomic mass is 35.5. The van der Waals surface area contributed by atoms with E-state index in [4.69, 9.17) is 21.1 Å². The summed E-state index contributed by atoms with van der Waals surface area (Å²) in [6.07, 6.45) is 7.97. The number of halogens is 2. The molecule has 2 aliphatic carbocycles. The lowest BCUT2D eigenvalue weighted by Gasteiger charge is -2.50. The molecule has 2 aliphatic heterocycles. The van der Waals surface area contributed by atoms with E-state index in [1.165, 1.54) is 29.2 Å². The summed E-state index contributed by atoms with van der Waals surface area (Å²) in [5, 5.41) is 13.5. The van der Waals surface area contributed by atoms with Crippen LogP contribution < -0.4 is 19.8 Å². The Morgan fingerprint density at radius 2 is 1.62 bits per heavy atom. The van der Waals surface area contributed by atoms with Crippen molar-refractivity contribution in [2.75, 3.05) is 24.5 Å². The largest absolute Gasteiger partial charge is 0.507 e. The van der Waals surface area contributed by atoms with Gasteiger partial charge in [0.15, 0.2) is 0 Å². The number of ether oxygens (including phenoxy) is 2. The zero-order valence-electron chi connectivity index (χ0n) is 34.5. The highest BCUT2D eigenvalue weighted by Gasteiger charge is 2.70. The maximum Gasteiger partial charge on any atom is 0.260 e. The fourth-order valence-electron chi connectivity index (χ4n) is 10.3. The summed E-state index contributed by atoms with van der Waals surface area (Å²) in [6, 6.07) is 30.0. The van der Waals surface area contributed by atoms with Gasteiger partial charge in [0.1, 0.15) is 23.1 Å². The first kappa shape index (κ1) is 41.4. The van der Waals surface area contributed by atoms with Crippen LogP contribution in [0.15, 0.2) is 133 Å². The second-order valence-electron chi connectivity index (χ2n) is 16.3. The molecule has 2 saturated heterocycles. The number of hydrogen-bond donors (Lipinski definition) is 2. The minimum absolute atomic E-state index is 0.0513. The topological polar surface area (TPSA) is 125 Å². The summed E-state index contributed by atoms with van der Waals surface area (Å²) in [5.41, 5.74) is 5.81. The van der Waals surface area contributed by atoms with Crippen molar-refractivity contribution in [3.63, 3.8) is 0 Å². The average molecular weight is 864 g/mol. The number of fused-ring (bicyclic) bond motifs is 4. The number of anilines is 2. The maximum absolute atomic E-state index is 15.5. The number of phenols is 1. The molecule has 5 aromatic rings. The molecule has 0 radical (unpaired) electrons. The van der Waals surface area contributed by atoms with Gasteiger partial charge in [-0.05, 0) is 109 Å². The van der Waals surface area contributed by atoms with Crippen LogP contribution in [0.1, 0.15) is 46.6 Å². The van der Waals surface area contributed by atoms with Gasteiger partial charge in [-0.25, -0.2) is 4.39 Å². The van der Waals surface area contributed by atoms with Gasteiger partial charge in [0.25, 0.3) is 11.8 Å². The first-order chi connectivity index (χ1) is 30.5. The van der Waals surface area contributed by atoms with E-state index in [1.54, 1.807) is 74.9 Å². The molecule has 4 amide bonds. The molecule has 12 heteroatoms. The number of methoxy groups -OCH3 is 2. The number of carbonyl (C=O) groups is 4. The van der Waals surface area contributed by atoms with Crippen molar-refractivity contribution >= 4 is 58.8 Å². The van der Waals surface area contributed by atoms with Gasteiger partial charge in [0.05, 0.1) is 48.8 Å². The Hall–Kier alpha value is -6.98. The van der Waals surface area contributed by atoms with Crippen LogP contribution in [0.4, 0.5) is 15.8 Å². The predicted molar refractivity (Wildman–Crippen MR) is 238 cm³/mol. The van der Waals surface area contributed by atoms with Crippen LogP contribution in [-0.2, 0) is 31.0 Å². The Kier molecular flexibility index (Phi) is 10.8. The quantitative estimate of drug-likeness (QED) is 0.0765. The van der Waals surface area contributed by atoms with Gasteiger partial charge in [0, 0.05) is 22.1 Å². The van der Waals surface area contributed by atoms with Crippen LogP contribution in [0.2, 0.25) is 5.02 Å². The first-order valence-electron chi connectivity index (χ1n) is 20.7. The monoisotopic (exact) mass is 863 g/mol. The van der Waals surface area contributed by atoms with Gasteiger partial charge >= 0.3 is 0 Å². The van der Waals surface area contributed by atoms with Crippen molar-refractivity contribution in [3.8, 4) is 17.2 Å². The van der Waals surface area contributed by atoms with Gasteiger partial charge in [-0.2, -0.15) is 5.01 Å². The van der Waals surface area contributed by atoms with Crippen molar-refractivity contribution in [3.05, 3.63) is 172 Å². The Labute approximate surface area is 368 Å². The van der Waals surface area contributed by atoms with E-state index in [0.717, 1.165) is 16.1 Å². The van der Waals surface area contributed by atoms with Gasteiger partial charge < -0.3 is 14.6 Å². The molecule has 1 saturated carbocycles. The van der Waals surface area contributed by atoms with E-state index < -0.39 is 58.5 Å². The number of imide groups is 2. The molecule has 10 nitrogen and oxygen atoms in total. The second-order valence-corrected chi connectivity index (χ2v) is 16.7. The molecule has 5 aromatic carbocycles. The number of allylic oxidation sites excluding steroid dienone is 3. The summed E-state index contributed by atoms with van der Waals surface area (Å²) < 4.78 is 24.9. The van der Waals surface area contributed by atoms with Gasteiger partial charge in [0.2, 0.25) is 11.8 Å². The Balaban J connectivity index is 1.13. The van der Waals surface area contributed by atoms with Crippen molar-refractivity contribution in [2.24, 2.45) is 23.7 Å². The summed E-state index contributed by atoms with van der Waals surface area (Å²) in [4.78, 5) is 61.0. The normalized spacial score (nSPS) is 23.9.